The molecule has 0 spiro atoms. The molecule has 0 heterocycles. The molecule has 6 heteroatoms. The van der Waals surface area contributed by atoms with Crippen molar-refractivity contribution in [2.24, 2.45) is 0 Å². The monoisotopic (exact) mass is 268 g/mol. The highest BCUT2D eigenvalue weighted by Gasteiger charge is 2.17. The molecule has 1 aromatic carbocycles. The second-order valence-electron chi connectivity index (χ2n) is 3.82. The fourth-order valence-corrected chi connectivity index (χ4v) is 2.60. The van der Waals surface area contributed by atoms with Gasteiger partial charge in [-0.05, 0) is 38.1 Å². The van der Waals surface area contributed by atoms with Crippen LogP contribution in [-0.2, 0) is 14.8 Å². The standard InChI is InChI=1S/C12H16N2O3S/c1-3-17-9-10(2)14-18(15,16)12-6-4-11(8-13)5-7-12/h4-7,10,14H,3,9H2,1-2H3. The van der Waals surface area contributed by atoms with Crippen molar-refractivity contribution in [3.63, 3.8) is 0 Å². The summed E-state index contributed by atoms with van der Waals surface area (Å²) in [6.45, 7) is 4.45. The molecule has 1 atom stereocenters. The van der Waals surface area contributed by atoms with Crippen molar-refractivity contribution in [1.29, 1.82) is 5.26 Å². The van der Waals surface area contributed by atoms with E-state index in [1.807, 2.05) is 13.0 Å². The molecule has 1 unspecified atom stereocenters. The lowest BCUT2D eigenvalue weighted by molar-refractivity contribution is 0.133. The topological polar surface area (TPSA) is 79.2 Å². The number of nitrogens with zero attached hydrogens (tertiary/aromatic N) is 1. The molecule has 0 aliphatic heterocycles. The van der Waals surface area contributed by atoms with E-state index in [0.717, 1.165) is 0 Å². The molecule has 1 aromatic rings. The Morgan fingerprint density at radius 2 is 2.00 bits per heavy atom. The van der Waals surface area contributed by atoms with Crippen LogP contribution in [0, 0.1) is 11.3 Å². The van der Waals surface area contributed by atoms with Crippen LogP contribution in [0.15, 0.2) is 29.2 Å². The number of sulfonamides is 1. The van der Waals surface area contributed by atoms with Crippen LogP contribution in [0.3, 0.4) is 0 Å². The maximum absolute atomic E-state index is 12.0. The Bertz CT molecular complexity index is 517. The molecule has 0 aliphatic rings. The van der Waals surface area contributed by atoms with Gasteiger partial charge in [-0.15, -0.1) is 0 Å². The van der Waals surface area contributed by atoms with E-state index in [0.29, 0.717) is 18.8 Å². The van der Waals surface area contributed by atoms with Crippen molar-refractivity contribution in [2.75, 3.05) is 13.2 Å². The molecule has 98 valence electrons. The summed E-state index contributed by atoms with van der Waals surface area (Å²) in [4.78, 5) is 0.143. The number of ether oxygens (including phenoxy) is 1. The Balaban J connectivity index is 2.76. The number of rotatable bonds is 6. The van der Waals surface area contributed by atoms with E-state index < -0.39 is 10.0 Å². The van der Waals surface area contributed by atoms with Gasteiger partial charge >= 0.3 is 0 Å². The van der Waals surface area contributed by atoms with Gasteiger partial charge in [0.25, 0.3) is 0 Å². The van der Waals surface area contributed by atoms with Crippen molar-refractivity contribution in [3.8, 4) is 6.07 Å². The molecule has 0 aliphatic carbocycles. The third-order valence-corrected chi connectivity index (χ3v) is 3.83. The Hall–Kier alpha value is -1.42. The number of nitriles is 1. The first-order valence-corrected chi connectivity index (χ1v) is 7.08. The van der Waals surface area contributed by atoms with E-state index in [4.69, 9.17) is 10.00 Å². The van der Waals surface area contributed by atoms with E-state index in [-0.39, 0.29) is 10.9 Å². The molecule has 18 heavy (non-hydrogen) atoms. The number of nitrogens with one attached hydrogen (secondary N) is 1. The van der Waals surface area contributed by atoms with Gasteiger partial charge in [0.2, 0.25) is 10.0 Å². The van der Waals surface area contributed by atoms with Crippen LogP contribution in [0.25, 0.3) is 0 Å². The molecule has 1 rings (SSSR count). The quantitative estimate of drug-likeness (QED) is 0.842. The van der Waals surface area contributed by atoms with Gasteiger partial charge in [0, 0.05) is 12.6 Å². The first-order chi connectivity index (χ1) is 8.49. The van der Waals surface area contributed by atoms with E-state index >= 15 is 0 Å². The van der Waals surface area contributed by atoms with E-state index in [2.05, 4.69) is 4.72 Å². The van der Waals surface area contributed by atoms with Gasteiger partial charge in [-0.25, -0.2) is 13.1 Å². The van der Waals surface area contributed by atoms with Crippen molar-refractivity contribution in [3.05, 3.63) is 29.8 Å². The van der Waals surface area contributed by atoms with Crippen LogP contribution in [0.5, 0.6) is 0 Å². The Labute approximate surface area is 107 Å². The second kappa shape index (κ2) is 6.50. The van der Waals surface area contributed by atoms with Crippen molar-refractivity contribution in [1.82, 2.24) is 4.72 Å². The molecule has 0 bridgehead atoms. The van der Waals surface area contributed by atoms with E-state index in [9.17, 15) is 8.42 Å². The maximum atomic E-state index is 12.0. The lowest BCUT2D eigenvalue weighted by Crippen LogP contribution is -2.35. The highest BCUT2D eigenvalue weighted by molar-refractivity contribution is 7.89. The molecule has 0 saturated carbocycles. The van der Waals surface area contributed by atoms with E-state index in [1.54, 1.807) is 6.92 Å². The molecule has 5 nitrogen and oxygen atoms in total. The second-order valence-corrected chi connectivity index (χ2v) is 5.53. The Morgan fingerprint density at radius 3 is 2.50 bits per heavy atom. The van der Waals surface area contributed by atoms with E-state index in [1.165, 1.54) is 24.3 Å². The highest BCUT2D eigenvalue weighted by atomic mass is 32.2. The summed E-state index contributed by atoms with van der Waals surface area (Å²) in [5.74, 6) is 0. The lowest BCUT2D eigenvalue weighted by atomic mass is 10.2. The van der Waals surface area contributed by atoms with Gasteiger partial charge in [0.15, 0.2) is 0 Å². The average molecular weight is 268 g/mol. The molecule has 0 aromatic heterocycles. The predicted molar refractivity (Wildman–Crippen MR) is 67.4 cm³/mol. The van der Waals surface area contributed by atoms with Crippen LogP contribution in [0.1, 0.15) is 19.4 Å². The SMILES string of the molecule is CCOCC(C)NS(=O)(=O)c1ccc(C#N)cc1. The minimum atomic E-state index is -3.55. The summed E-state index contributed by atoms with van der Waals surface area (Å²) in [5, 5.41) is 8.64. The average Bonchev–Trinajstić information content (AvgIpc) is 2.36. The fourth-order valence-electron chi connectivity index (χ4n) is 1.37. The summed E-state index contributed by atoms with van der Waals surface area (Å²) in [5.41, 5.74) is 0.427. The summed E-state index contributed by atoms with van der Waals surface area (Å²) >= 11 is 0. The minimum absolute atomic E-state index is 0.143. The van der Waals surface area contributed by atoms with Gasteiger partial charge in [-0.2, -0.15) is 5.26 Å². The third-order valence-electron chi connectivity index (χ3n) is 2.22. The van der Waals surface area contributed by atoms with Gasteiger partial charge in [-0.3, -0.25) is 0 Å². The zero-order valence-corrected chi connectivity index (χ0v) is 11.2. The first kappa shape index (κ1) is 14.6. The third kappa shape index (κ3) is 4.11. The largest absolute Gasteiger partial charge is 0.380 e. The van der Waals surface area contributed by atoms with Crippen LogP contribution in [0.4, 0.5) is 0 Å². The number of hydrogen-bond acceptors (Lipinski definition) is 4. The summed E-state index contributed by atoms with van der Waals surface area (Å²) < 4.78 is 31.6. The number of benzene rings is 1. The van der Waals surface area contributed by atoms with Gasteiger partial charge in [0.1, 0.15) is 0 Å². The van der Waals surface area contributed by atoms with Crippen LogP contribution >= 0.6 is 0 Å². The maximum Gasteiger partial charge on any atom is 0.240 e. The minimum Gasteiger partial charge on any atom is -0.380 e. The normalized spacial score (nSPS) is 12.9. The summed E-state index contributed by atoms with van der Waals surface area (Å²) in [6.07, 6.45) is 0. The summed E-state index contributed by atoms with van der Waals surface area (Å²) in [7, 11) is -3.55. The zero-order valence-electron chi connectivity index (χ0n) is 10.4. The number of hydrogen-bond donors (Lipinski definition) is 1. The first-order valence-electron chi connectivity index (χ1n) is 5.60. The molecule has 0 saturated heterocycles. The Kier molecular flexibility index (Phi) is 5.28. The van der Waals surface area contributed by atoms with Gasteiger partial charge < -0.3 is 4.74 Å². The zero-order chi connectivity index (χ0) is 13.6. The highest BCUT2D eigenvalue weighted by Crippen LogP contribution is 2.10. The Morgan fingerprint density at radius 1 is 1.39 bits per heavy atom. The molecule has 0 amide bonds. The smallest absolute Gasteiger partial charge is 0.240 e. The van der Waals surface area contributed by atoms with Crippen molar-refractivity contribution in [2.45, 2.75) is 24.8 Å². The van der Waals surface area contributed by atoms with Crippen LogP contribution < -0.4 is 4.72 Å². The van der Waals surface area contributed by atoms with Crippen molar-refractivity contribution < 1.29 is 13.2 Å². The predicted octanol–water partition coefficient (Wildman–Crippen LogP) is 1.26. The van der Waals surface area contributed by atoms with Crippen molar-refractivity contribution >= 4 is 10.0 Å². The molecule has 0 radical (unpaired) electrons. The molecular formula is C12H16N2O3S. The van der Waals surface area contributed by atoms with Crippen LogP contribution in [-0.4, -0.2) is 27.7 Å². The lowest BCUT2D eigenvalue weighted by Gasteiger charge is -2.13. The van der Waals surface area contributed by atoms with Gasteiger partial charge in [-0.1, -0.05) is 0 Å². The van der Waals surface area contributed by atoms with Crippen LogP contribution in [0.2, 0.25) is 0 Å². The molecule has 0 fully saturated rings. The summed E-state index contributed by atoms with van der Waals surface area (Å²) in [6, 6.07) is 7.41. The molecule has 1 N–H and O–H groups in total. The molecular weight excluding hydrogens is 252 g/mol. The van der Waals surface area contributed by atoms with Gasteiger partial charge in [0.05, 0.1) is 23.1 Å². The fraction of sp³-hybridized carbons (Fsp3) is 0.417.